The number of aromatic nitrogens is 2. The van der Waals surface area contributed by atoms with E-state index in [-0.39, 0.29) is 4.90 Å². The van der Waals surface area contributed by atoms with E-state index in [4.69, 9.17) is 9.88 Å². The molecule has 0 spiro atoms. The van der Waals surface area contributed by atoms with Gasteiger partial charge in [0.05, 0.1) is 11.2 Å². The van der Waals surface area contributed by atoms with Gasteiger partial charge in [-0.05, 0) is 37.3 Å². The van der Waals surface area contributed by atoms with E-state index in [1.165, 1.54) is 6.07 Å². The molecule has 0 aliphatic rings. The van der Waals surface area contributed by atoms with Gasteiger partial charge in [0.2, 0.25) is 10.0 Å². The predicted octanol–water partition coefficient (Wildman–Crippen LogP) is 2.66. The van der Waals surface area contributed by atoms with Crippen LogP contribution in [0.25, 0.3) is 5.69 Å². The summed E-state index contributed by atoms with van der Waals surface area (Å²) in [4.78, 5) is 4.01. The van der Waals surface area contributed by atoms with Crippen LogP contribution in [-0.2, 0) is 10.0 Å². The summed E-state index contributed by atoms with van der Waals surface area (Å²) in [5.74, 6) is 6.23. The van der Waals surface area contributed by atoms with Crippen molar-refractivity contribution >= 4 is 10.0 Å². The Labute approximate surface area is 152 Å². The van der Waals surface area contributed by atoms with Gasteiger partial charge in [-0.15, -0.1) is 5.92 Å². The first-order chi connectivity index (χ1) is 12.5. The standard InChI is InChI=1S/C19H17N3O3S/c1-2-5-18(17-6-3-4-7-19(17)26(20,23)24)25-16-10-8-15(9-11-16)22-13-12-21-14-22/h3-4,6-14,18H,1H3,(H2,20,23,24). The van der Waals surface area contributed by atoms with Crippen molar-refractivity contribution in [1.29, 1.82) is 0 Å². The molecule has 1 aromatic heterocycles. The third-order valence-electron chi connectivity index (χ3n) is 3.68. The van der Waals surface area contributed by atoms with E-state index < -0.39 is 16.1 Å². The van der Waals surface area contributed by atoms with Crippen LogP contribution in [0.2, 0.25) is 0 Å². The summed E-state index contributed by atoms with van der Waals surface area (Å²) < 4.78 is 31.5. The number of benzene rings is 2. The average Bonchev–Trinajstić information content (AvgIpc) is 3.16. The van der Waals surface area contributed by atoms with Crippen LogP contribution in [0, 0.1) is 11.8 Å². The van der Waals surface area contributed by atoms with Crippen molar-refractivity contribution in [3.8, 4) is 23.3 Å². The number of rotatable bonds is 5. The van der Waals surface area contributed by atoms with Crippen LogP contribution in [-0.4, -0.2) is 18.0 Å². The molecule has 6 nitrogen and oxygen atoms in total. The predicted molar refractivity (Wildman–Crippen MR) is 98.2 cm³/mol. The SMILES string of the molecule is CC#CC(Oc1ccc(-n2ccnc2)cc1)c1ccccc1S(N)(=O)=O. The zero-order valence-electron chi connectivity index (χ0n) is 14.0. The maximum Gasteiger partial charge on any atom is 0.238 e. The summed E-state index contributed by atoms with van der Waals surface area (Å²) in [6.07, 6.45) is 4.47. The Hall–Kier alpha value is -3.08. The lowest BCUT2D eigenvalue weighted by atomic mass is 10.1. The minimum Gasteiger partial charge on any atom is -0.473 e. The van der Waals surface area contributed by atoms with Crippen LogP contribution in [0.4, 0.5) is 0 Å². The highest BCUT2D eigenvalue weighted by molar-refractivity contribution is 7.89. The number of hydrogen-bond acceptors (Lipinski definition) is 4. The first-order valence-corrected chi connectivity index (χ1v) is 9.33. The van der Waals surface area contributed by atoms with Crippen molar-refractivity contribution in [1.82, 2.24) is 9.55 Å². The molecule has 132 valence electrons. The van der Waals surface area contributed by atoms with E-state index in [0.29, 0.717) is 11.3 Å². The van der Waals surface area contributed by atoms with E-state index >= 15 is 0 Å². The Balaban J connectivity index is 1.92. The quantitative estimate of drug-likeness (QED) is 0.702. The minimum absolute atomic E-state index is 0.00258. The third-order valence-corrected chi connectivity index (χ3v) is 4.66. The van der Waals surface area contributed by atoms with E-state index in [2.05, 4.69) is 16.8 Å². The smallest absolute Gasteiger partial charge is 0.238 e. The molecular formula is C19H17N3O3S. The molecule has 0 bridgehead atoms. The fourth-order valence-corrected chi connectivity index (χ4v) is 3.27. The lowest BCUT2D eigenvalue weighted by Crippen LogP contribution is -2.17. The van der Waals surface area contributed by atoms with E-state index in [0.717, 1.165) is 5.69 Å². The van der Waals surface area contributed by atoms with Gasteiger partial charge < -0.3 is 9.30 Å². The first kappa shape index (κ1) is 17.7. The number of imidazole rings is 1. The Kier molecular flexibility index (Phi) is 5.07. The minimum atomic E-state index is -3.88. The molecule has 1 atom stereocenters. The van der Waals surface area contributed by atoms with E-state index in [1.54, 1.807) is 49.8 Å². The number of nitrogens with zero attached hydrogens (tertiary/aromatic N) is 2. The fraction of sp³-hybridized carbons (Fsp3) is 0.105. The highest BCUT2D eigenvalue weighted by atomic mass is 32.2. The number of primary sulfonamides is 1. The van der Waals surface area contributed by atoms with Gasteiger partial charge in [0.25, 0.3) is 0 Å². The van der Waals surface area contributed by atoms with Gasteiger partial charge in [-0.3, -0.25) is 0 Å². The largest absolute Gasteiger partial charge is 0.473 e. The molecule has 1 unspecified atom stereocenters. The molecule has 0 saturated heterocycles. The molecule has 0 aliphatic heterocycles. The summed E-state index contributed by atoms with van der Waals surface area (Å²) in [7, 11) is -3.88. The van der Waals surface area contributed by atoms with Gasteiger partial charge in [0.1, 0.15) is 5.75 Å². The molecular weight excluding hydrogens is 350 g/mol. The molecule has 0 amide bonds. The van der Waals surface area contributed by atoms with Crippen LogP contribution >= 0.6 is 0 Å². The highest BCUT2D eigenvalue weighted by Crippen LogP contribution is 2.27. The highest BCUT2D eigenvalue weighted by Gasteiger charge is 2.21. The summed E-state index contributed by atoms with van der Waals surface area (Å²) in [5, 5.41) is 5.32. The zero-order chi connectivity index (χ0) is 18.6. The maximum absolute atomic E-state index is 11.9. The maximum atomic E-state index is 11.9. The van der Waals surface area contributed by atoms with Crippen LogP contribution < -0.4 is 9.88 Å². The van der Waals surface area contributed by atoms with Crippen molar-refractivity contribution in [3.05, 3.63) is 72.8 Å². The molecule has 0 radical (unpaired) electrons. The van der Waals surface area contributed by atoms with Gasteiger partial charge in [-0.1, -0.05) is 24.1 Å². The number of sulfonamides is 1. The zero-order valence-corrected chi connectivity index (χ0v) is 14.8. The second kappa shape index (κ2) is 7.44. The van der Waals surface area contributed by atoms with Crippen molar-refractivity contribution in [2.75, 3.05) is 0 Å². The number of nitrogens with two attached hydrogens (primary N) is 1. The molecule has 0 fully saturated rings. The van der Waals surface area contributed by atoms with E-state index in [1.807, 2.05) is 22.9 Å². The van der Waals surface area contributed by atoms with Crippen LogP contribution in [0.1, 0.15) is 18.6 Å². The molecule has 0 aliphatic carbocycles. The van der Waals surface area contributed by atoms with Gasteiger partial charge in [0, 0.05) is 23.6 Å². The third kappa shape index (κ3) is 3.94. The molecule has 2 N–H and O–H groups in total. The fourth-order valence-electron chi connectivity index (χ4n) is 2.50. The molecule has 3 aromatic rings. The second-order valence-corrected chi connectivity index (χ2v) is 6.97. The molecule has 7 heteroatoms. The molecule has 3 rings (SSSR count). The normalized spacial score (nSPS) is 12.1. The monoisotopic (exact) mass is 367 g/mol. The molecule has 0 saturated carbocycles. The lowest BCUT2D eigenvalue weighted by molar-refractivity contribution is 0.261. The van der Waals surface area contributed by atoms with Crippen molar-refractivity contribution in [2.24, 2.45) is 5.14 Å². The molecule has 1 heterocycles. The topological polar surface area (TPSA) is 87.2 Å². The Morgan fingerprint density at radius 2 is 1.88 bits per heavy atom. The summed E-state index contributed by atoms with van der Waals surface area (Å²) in [6.45, 7) is 1.66. The van der Waals surface area contributed by atoms with Crippen molar-refractivity contribution in [2.45, 2.75) is 17.9 Å². The first-order valence-electron chi connectivity index (χ1n) is 7.78. The van der Waals surface area contributed by atoms with Gasteiger partial charge in [-0.2, -0.15) is 0 Å². The van der Waals surface area contributed by atoms with Gasteiger partial charge in [-0.25, -0.2) is 18.5 Å². The van der Waals surface area contributed by atoms with Crippen molar-refractivity contribution in [3.63, 3.8) is 0 Å². The van der Waals surface area contributed by atoms with Crippen LogP contribution in [0.15, 0.2) is 72.1 Å². The number of hydrogen-bond donors (Lipinski definition) is 1. The molecule has 2 aromatic carbocycles. The van der Waals surface area contributed by atoms with Crippen LogP contribution in [0.5, 0.6) is 5.75 Å². The average molecular weight is 367 g/mol. The summed E-state index contributed by atoms with van der Waals surface area (Å²) in [6, 6.07) is 13.8. The lowest BCUT2D eigenvalue weighted by Gasteiger charge is -2.17. The van der Waals surface area contributed by atoms with Gasteiger partial charge >= 0.3 is 0 Å². The molecule has 26 heavy (non-hydrogen) atoms. The summed E-state index contributed by atoms with van der Waals surface area (Å²) in [5.41, 5.74) is 1.33. The van der Waals surface area contributed by atoms with Gasteiger partial charge in [0.15, 0.2) is 6.10 Å². The van der Waals surface area contributed by atoms with Crippen LogP contribution in [0.3, 0.4) is 0 Å². The second-order valence-electron chi connectivity index (χ2n) is 5.44. The Morgan fingerprint density at radius 1 is 1.15 bits per heavy atom. The number of ether oxygens (including phenoxy) is 1. The van der Waals surface area contributed by atoms with E-state index in [9.17, 15) is 8.42 Å². The van der Waals surface area contributed by atoms with Crippen molar-refractivity contribution < 1.29 is 13.2 Å². The Bertz CT molecular complexity index is 1050. The summed E-state index contributed by atoms with van der Waals surface area (Å²) >= 11 is 0. The Morgan fingerprint density at radius 3 is 2.50 bits per heavy atom.